The third-order valence-electron chi connectivity index (χ3n) is 4.96. The quantitative estimate of drug-likeness (QED) is 0.602. The van der Waals surface area contributed by atoms with Crippen LogP contribution in [0, 0.1) is 16.7 Å². The molecule has 3 N–H and O–H groups in total. The molecule has 1 fully saturated rings. The zero-order valence-electron chi connectivity index (χ0n) is 11.4. The molecule has 5 heteroatoms. The third kappa shape index (κ3) is 1.77. The van der Waals surface area contributed by atoms with Gasteiger partial charge in [0.1, 0.15) is 12.2 Å². The Morgan fingerprint density at radius 2 is 2.00 bits per heavy atom. The summed E-state index contributed by atoms with van der Waals surface area (Å²) in [7, 11) is 1.92. The van der Waals surface area contributed by atoms with E-state index in [0.717, 1.165) is 12.2 Å². The Morgan fingerprint density at radius 3 is 2.35 bits per heavy atom. The maximum atomic E-state index is 5.72. The van der Waals surface area contributed by atoms with E-state index in [1.165, 1.54) is 0 Å². The molecule has 1 aliphatic rings. The highest BCUT2D eigenvalue weighted by Crippen LogP contribution is 2.69. The Balaban J connectivity index is 2.12. The minimum Gasteiger partial charge on any atom is -0.271 e. The van der Waals surface area contributed by atoms with Gasteiger partial charge in [-0.2, -0.15) is 5.10 Å². The van der Waals surface area contributed by atoms with Crippen molar-refractivity contribution in [2.24, 2.45) is 29.6 Å². The van der Waals surface area contributed by atoms with Gasteiger partial charge in [-0.05, 0) is 16.7 Å². The van der Waals surface area contributed by atoms with E-state index in [9.17, 15) is 0 Å². The standard InChI is InChI=1S/C12H23N5/c1-11(2)10(12(11,3)4)8(16-13)6-9-14-7-15-17(9)5/h7-8,10,16H,6,13H2,1-5H3. The van der Waals surface area contributed by atoms with Crippen LogP contribution in [-0.4, -0.2) is 20.8 Å². The predicted molar refractivity (Wildman–Crippen MR) is 66.9 cm³/mol. The zero-order chi connectivity index (χ0) is 12.8. The van der Waals surface area contributed by atoms with Crippen molar-refractivity contribution in [1.29, 1.82) is 0 Å². The van der Waals surface area contributed by atoms with Crippen LogP contribution in [0.15, 0.2) is 6.33 Å². The fraction of sp³-hybridized carbons (Fsp3) is 0.833. The van der Waals surface area contributed by atoms with Gasteiger partial charge >= 0.3 is 0 Å². The van der Waals surface area contributed by atoms with Gasteiger partial charge in [0.15, 0.2) is 0 Å². The van der Waals surface area contributed by atoms with E-state index in [-0.39, 0.29) is 6.04 Å². The van der Waals surface area contributed by atoms with E-state index in [1.54, 1.807) is 6.33 Å². The van der Waals surface area contributed by atoms with E-state index >= 15 is 0 Å². The Labute approximate surface area is 103 Å². The molecule has 1 aromatic heterocycles. The minimum atomic E-state index is 0.253. The number of nitrogens with zero attached hydrogens (tertiary/aromatic N) is 3. The maximum Gasteiger partial charge on any atom is 0.138 e. The van der Waals surface area contributed by atoms with Crippen molar-refractivity contribution >= 4 is 0 Å². The van der Waals surface area contributed by atoms with Gasteiger partial charge in [0, 0.05) is 19.5 Å². The van der Waals surface area contributed by atoms with Crippen LogP contribution in [0.5, 0.6) is 0 Å². The van der Waals surface area contributed by atoms with Gasteiger partial charge in [0.25, 0.3) is 0 Å². The molecule has 1 heterocycles. The summed E-state index contributed by atoms with van der Waals surface area (Å²) in [6.07, 6.45) is 2.41. The van der Waals surface area contributed by atoms with E-state index in [4.69, 9.17) is 5.84 Å². The summed E-state index contributed by atoms with van der Waals surface area (Å²) in [4.78, 5) is 4.27. The molecule has 96 valence electrons. The molecule has 1 aromatic rings. The summed E-state index contributed by atoms with van der Waals surface area (Å²) in [5.41, 5.74) is 3.60. The largest absolute Gasteiger partial charge is 0.271 e. The first-order valence-corrected chi connectivity index (χ1v) is 6.11. The molecule has 0 bridgehead atoms. The first kappa shape index (κ1) is 12.5. The highest BCUT2D eigenvalue weighted by molar-refractivity contribution is 5.17. The van der Waals surface area contributed by atoms with Crippen molar-refractivity contribution in [3.63, 3.8) is 0 Å². The van der Waals surface area contributed by atoms with Gasteiger partial charge in [-0.1, -0.05) is 27.7 Å². The number of hydrogen-bond donors (Lipinski definition) is 2. The fourth-order valence-electron chi connectivity index (χ4n) is 3.23. The van der Waals surface area contributed by atoms with E-state index in [1.807, 2.05) is 11.7 Å². The Kier molecular flexibility index (Phi) is 2.78. The number of nitrogens with two attached hydrogens (primary N) is 1. The molecule has 1 unspecified atom stereocenters. The Bertz CT molecular complexity index is 393. The normalized spacial score (nSPS) is 23.6. The molecule has 5 nitrogen and oxygen atoms in total. The summed E-state index contributed by atoms with van der Waals surface area (Å²) < 4.78 is 1.81. The van der Waals surface area contributed by atoms with Crippen molar-refractivity contribution in [2.45, 2.75) is 40.2 Å². The van der Waals surface area contributed by atoms with Crippen LogP contribution in [0.1, 0.15) is 33.5 Å². The average molecular weight is 237 g/mol. The SMILES string of the molecule is Cn1ncnc1CC(NN)C1C(C)(C)C1(C)C. The van der Waals surface area contributed by atoms with Crippen LogP contribution < -0.4 is 11.3 Å². The van der Waals surface area contributed by atoms with Crippen molar-refractivity contribution < 1.29 is 0 Å². The van der Waals surface area contributed by atoms with E-state index < -0.39 is 0 Å². The molecule has 0 spiro atoms. The summed E-state index contributed by atoms with van der Waals surface area (Å²) in [6.45, 7) is 9.22. The highest BCUT2D eigenvalue weighted by Gasteiger charge is 2.66. The number of nitrogens with one attached hydrogen (secondary N) is 1. The molecule has 0 saturated heterocycles. The van der Waals surface area contributed by atoms with Gasteiger partial charge in [-0.15, -0.1) is 0 Å². The second kappa shape index (κ2) is 3.78. The van der Waals surface area contributed by atoms with Crippen LogP contribution in [0.3, 0.4) is 0 Å². The van der Waals surface area contributed by atoms with Gasteiger partial charge in [-0.25, -0.2) is 4.98 Å². The van der Waals surface area contributed by atoms with Crippen LogP contribution in [0.25, 0.3) is 0 Å². The molecule has 1 atom stereocenters. The molecule has 0 radical (unpaired) electrons. The molecule has 1 saturated carbocycles. The van der Waals surface area contributed by atoms with Crippen LogP contribution >= 0.6 is 0 Å². The molecule has 2 rings (SSSR count). The first-order chi connectivity index (χ1) is 7.82. The number of hydrazine groups is 1. The number of hydrogen-bond acceptors (Lipinski definition) is 4. The molecule has 0 aliphatic heterocycles. The van der Waals surface area contributed by atoms with Crippen LogP contribution in [0.2, 0.25) is 0 Å². The minimum absolute atomic E-state index is 0.253. The second-order valence-electron chi connectivity index (χ2n) is 6.20. The molecule has 1 aliphatic carbocycles. The molecule has 0 aromatic carbocycles. The molecular formula is C12H23N5. The van der Waals surface area contributed by atoms with Crippen molar-refractivity contribution in [2.75, 3.05) is 0 Å². The lowest BCUT2D eigenvalue weighted by molar-refractivity contribution is 0.391. The topological polar surface area (TPSA) is 68.8 Å². The van der Waals surface area contributed by atoms with E-state index in [2.05, 4.69) is 43.2 Å². The predicted octanol–water partition coefficient (Wildman–Crippen LogP) is 0.872. The van der Waals surface area contributed by atoms with Gasteiger partial charge < -0.3 is 0 Å². The van der Waals surface area contributed by atoms with Crippen LogP contribution in [-0.2, 0) is 13.5 Å². The number of aryl methyl sites for hydroxylation is 1. The van der Waals surface area contributed by atoms with Crippen molar-refractivity contribution in [3.8, 4) is 0 Å². The lowest BCUT2D eigenvalue weighted by Gasteiger charge is -2.17. The van der Waals surface area contributed by atoms with Gasteiger partial charge in [0.2, 0.25) is 0 Å². The molecule has 0 amide bonds. The summed E-state index contributed by atoms with van der Waals surface area (Å²) >= 11 is 0. The number of aromatic nitrogens is 3. The first-order valence-electron chi connectivity index (χ1n) is 6.11. The highest BCUT2D eigenvalue weighted by atomic mass is 15.3. The van der Waals surface area contributed by atoms with Crippen molar-refractivity contribution in [1.82, 2.24) is 20.2 Å². The zero-order valence-corrected chi connectivity index (χ0v) is 11.4. The van der Waals surface area contributed by atoms with Crippen molar-refractivity contribution in [3.05, 3.63) is 12.2 Å². The smallest absolute Gasteiger partial charge is 0.138 e. The van der Waals surface area contributed by atoms with E-state index in [0.29, 0.717) is 16.7 Å². The molecular weight excluding hydrogens is 214 g/mol. The second-order valence-corrected chi connectivity index (χ2v) is 6.20. The number of rotatable bonds is 4. The summed E-state index contributed by atoms with van der Waals surface area (Å²) in [6, 6.07) is 0.253. The average Bonchev–Trinajstić information content (AvgIpc) is 2.56. The lowest BCUT2D eigenvalue weighted by atomic mass is 10.0. The van der Waals surface area contributed by atoms with Gasteiger partial charge in [-0.3, -0.25) is 16.0 Å². The summed E-state index contributed by atoms with van der Waals surface area (Å²) in [5.74, 6) is 7.26. The Morgan fingerprint density at radius 1 is 1.41 bits per heavy atom. The molecule has 17 heavy (non-hydrogen) atoms. The maximum absolute atomic E-state index is 5.72. The van der Waals surface area contributed by atoms with Crippen LogP contribution in [0.4, 0.5) is 0 Å². The monoisotopic (exact) mass is 237 g/mol. The lowest BCUT2D eigenvalue weighted by Crippen LogP contribution is -2.40. The summed E-state index contributed by atoms with van der Waals surface area (Å²) in [5, 5.41) is 4.09. The van der Waals surface area contributed by atoms with Gasteiger partial charge in [0.05, 0.1) is 0 Å². The fourth-order valence-corrected chi connectivity index (χ4v) is 3.23. The third-order valence-corrected chi connectivity index (χ3v) is 4.96. The Hall–Kier alpha value is -0.940.